The number of halogens is 2. The van der Waals surface area contributed by atoms with Crippen LogP contribution < -0.4 is 5.32 Å². The van der Waals surface area contributed by atoms with Gasteiger partial charge in [0.25, 0.3) is 5.91 Å². The molecule has 1 aromatic heterocycles. The Bertz CT molecular complexity index is 407. The number of carbonyl (C=O) groups excluding carboxylic acids is 1. The van der Waals surface area contributed by atoms with Crippen LogP contribution in [0.2, 0.25) is 0 Å². The van der Waals surface area contributed by atoms with E-state index in [1.807, 2.05) is 6.07 Å². The van der Waals surface area contributed by atoms with Gasteiger partial charge in [0.15, 0.2) is 0 Å². The first-order chi connectivity index (χ1) is 8.32. The summed E-state index contributed by atoms with van der Waals surface area (Å²) in [4.78, 5) is 12.1. The number of hydrogen-bond donors (Lipinski definition) is 1. The Labute approximate surface area is 130 Å². The van der Waals surface area contributed by atoms with Crippen LogP contribution in [0, 0.1) is 17.8 Å². The van der Waals surface area contributed by atoms with E-state index in [9.17, 15) is 4.79 Å². The molecule has 1 rings (SSSR count). The maximum absolute atomic E-state index is 12.1. The van der Waals surface area contributed by atoms with Gasteiger partial charge in [0, 0.05) is 6.54 Å². The van der Waals surface area contributed by atoms with E-state index in [0.717, 1.165) is 14.1 Å². The topological polar surface area (TPSA) is 29.1 Å². The van der Waals surface area contributed by atoms with E-state index in [2.05, 4.69) is 64.9 Å². The number of carbonyl (C=O) groups is 1. The van der Waals surface area contributed by atoms with E-state index in [4.69, 9.17) is 0 Å². The summed E-state index contributed by atoms with van der Waals surface area (Å²) in [5, 5.41) is 3.03. The Balaban J connectivity index is 2.63. The van der Waals surface area contributed by atoms with Crippen LogP contribution in [-0.2, 0) is 0 Å². The molecule has 0 saturated heterocycles. The lowest BCUT2D eigenvalue weighted by Gasteiger charge is -2.25. The summed E-state index contributed by atoms with van der Waals surface area (Å²) in [6.07, 6.45) is 0. The average molecular weight is 397 g/mol. The Morgan fingerprint density at radius 1 is 1.28 bits per heavy atom. The molecule has 18 heavy (non-hydrogen) atoms. The number of hydrogen-bond acceptors (Lipinski definition) is 2. The Kier molecular flexibility index (Phi) is 6.35. The standard InChI is InChI=1S/C13H19Br2NOS/c1-7(2)10(8(3)4)6-16-13(17)9-5-11(14)18-12(9)15/h5,7-8,10H,6H2,1-4H3,(H,16,17). The zero-order valence-electron chi connectivity index (χ0n) is 11.1. The fraction of sp³-hybridized carbons (Fsp3) is 0.615. The Hall–Kier alpha value is 0.130. The highest BCUT2D eigenvalue weighted by atomic mass is 79.9. The predicted molar refractivity (Wildman–Crippen MR) is 85.2 cm³/mol. The molecule has 0 bridgehead atoms. The van der Waals surface area contributed by atoms with Gasteiger partial charge in [-0.2, -0.15) is 0 Å². The highest BCUT2D eigenvalue weighted by molar-refractivity contribution is 9.12. The number of amides is 1. The fourth-order valence-electron chi connectivity index (χ4n) is 2.04. The van der Waals surface area contributed by atoms with Crippen LogP contribution in [0.5, 0.6) is 0 Å². The quantitative estimate of drug-likeness (QED) is 0.750. The maximum atomic E-state index is 12.1. The molecule has 0 aliphatic carbocycles. The van der Waals surface area contributed by atoms with Crippen molar-refractivity contribution in [2.24, 2.45) is 17.8 Å². The third-order valence-electron chi connectivity index (χ3n) is 3.11. The van der Waals surface area contributed by atoms with E-state index in [1.54, 1.807) is 0 Å². The molecule has 102 valence electrons. The van der Waals surface area contributed by atoms with Crippen molar-refractivity contribution in [3.05, 3.63) is 19.2 Å². The molecule has 1 amide bonds. The molecular weight excluding hydrogens is 378 g/mol. The average Bonchev–Trinajstić information content (AvgIpc) is 2.56. The van der Waals surface area contributed by atoms with Gasteiger partial charge in [-0.05, 0) is 55.7 Å². The molecule has 0 radical (unpaired) electrons. The summed E-state index contributed by atoms with van der Waals surface area (Å²) < 4.78 is 1.83. The van der Waals surface area contributed by atoms with Gasteiger partial charge in [0.1, 0.15) is 0 Å². The van der Waals surface area contributed by atoms with E-state index < -0.39 is 0 Å². The van der Waals surface area contributed by atoms with E-state index in [1.165, 1.54) is 11.3 Å². The van der Waals surface area contributed by atoms with E-state index in [0.29, 0.717) is 23.3 Å². The zero-order chi connectivity index (χ0) is 13.9. The highest BCUT2D eigenvalue weighted by Crippen LogP contribution is 2.31. The number of thiophene rings is 1. The summed E-state index contributed by atoms with van der Waals surface area (Å²) in [5.74, 6) is 1.65. The van der Waals surface area contributed by atoms with Gasteiger partial charge in [-0.1, -0.05) is 27.7 Å². The molecular formula is C13H19Br2NOS. The van der Waals surface area contributed by atoms with Crippen LogP contribution in [0.3, 0.4) is 0 Å². The van der Waals surface area contributed by atoms with Crippen molar-refractivity contribution in [3.63, 3.8) is 0 Å². The lowest BCUT2D eigenvalue weighted by atomic mass is 9.85. The third-order valence-corrected chi connectivity index (χ3v) is 5.45. The van der Waals surface area contributed by atoms with Crippen LogP contribution in [0.25, 0.3) is 0 Å². The summed E-state index contributed by atoms with van der Waals surface area (Å²) in [6.45, 7) is 9.54. The summed E-state index contributed by atoms with van der Waals surface area (Å²) in [6, 6.07) is 1.85. The lowest BCUT2D eigenvalue weighted by molar-refractivity contribution is 0.0937. The molecule has 1 N–H and O–H groups in total. The monoisotopic (exact) mass is 395 g/mol. The minimum Gasteiger partial charge on any atom is -0.352 e. The van der Waals surface area contributed by atoms with Gasteiger partial charge < -0.3 is 5.32 Å². The molecule has 0 atom stereocenters. The summed E-state index contributed by atoms with van der Waals surface area (Å²) in [7, 11) is 0. The normalized spacial score (nSPS) is 11.6. The fourth-order valence-corrected chi connectivity index (χ4v) is 4.84. The second-order valence-electron chi connectivity index (χ2n) is 5.10. The maximum Gasteiger partial charge on any atom is 0.253 e. The molecule has 0 aliphatic rings. The van der Waals surface area contributed by atoms with Crippen LogP contribution in [-0.4, -0.2) is 12.5 Å². The van der Waals surface area contributed by atoms with Gasteiger partial charge in [-0.15, -0.1) is 11.3 Å². The molecule has 1 heterocycles. The van der Waals surface area contributed by atoms with Crippen molar-refractivity contribution in [2.45, 2.75) is 27.7 Å². The smallest absolute Gasteiger partial charge is 0.253 e. The van der Waals surface area contributed by atoms with Gasteiger partial charge in [-0.25, -0.2) is 0 Å². The van der Waals surface area contributed by atoms with E-state index in [-0.39, 0.29) is 5.91 Å². The number of rotatable bonds is 5. The zero-order valence-corrected chi connectivity index (χ0v) is 15.1. The van der Waals surface area contributed by atoms with Crippen molar-refractivity contribution in [1.82, 2.24) is 5.32 Å². The lowest BCUT2D eigenvalue weighted by Crippen LogP contribution is -2.33. The van der Waals surface area contributed by atoms with Crippen LogP contribution in [0.1, 0.15) is 38.1 Å². The van der Waals surface area contributed by atoms with Crippen LogP contribution in [0.15, 0.2) is 13.6 Å². The molecule has 5 heteroatoms. The van der Waals surface area contributed by atoms with Gasteiger partial charge in [0.2, 0.25) is 0 Å². The number of nitrogens with one attached hydrogen (secondary N) is 1. The van der Waals surface area contributed by atoms with Crippen LogP contribution >= 0.6 is 43.2 Å². The first-order valence-electron chi connectivity index (χ1n) is 6.06. The van der Waals surface area contributed by atoms with Gasteiger partial charge in [-0.3, -0.25) is 4.79 Å². The second kappa shape index (κ2) is 7.06. The van der Waals surface area contributed by atoms with Crippen molar-refractivity contribution in [3.8, 4) is 0 Å². The summed E-state index contributed by atoms with van der Waals surface area (Å²) >= 11 is 8.31. The van der Waals surface area contributed by atoms with Crippen molar-refractivity contribution in [2.75, 3.05) is 6.54 Å². The second-order valence-corrected chi connectivity index (χ2v) is 8.85. The molecule has 2 nitrogen and oxygen atoms in total. The molecule has 0 unspecified atom stereocenters. The van der Waals surface area contributed by atoms with Crippen LogP contribution in [0.4, 0.5) is 0 Å². The highest BCUT2D eigenvalue weighted by Gasteiger charge is 2.20. The SMILES string of the molecule is CC(C)C(CNC(=O)c1cc(Br)sc1Br)C(C)C. The van der Waals surface area contributed by atoms with E-state index >= 15 is 0 Å². The minimum absolute atomic E-state index is 0.00451. The Morgan fingerprint density at radius 2 is 1.83 bits per heavy atom. The minimum atomic E-state index is -0.00451. The molecule has 0 fully saturated rings. The Morgan fingerprint density at radius 3 is 2.22 bits per heavy atom. The van der Waals surface area contributed by atoms with Crippen molar-refractivity contribution >= 4 is 49.1 Å². The predicted octanol–water partition coefficient (Wildman–Crippen LogP) is 4.93. The molecule has 0 aliphatic heterocycles. The van der Waals surface area contributed by atoms with Gasteiger partial charge in [0.05, 0.1) is 13.1 Å². The summed E-state index contributed by atoms with van der Waals surface area (Å²) in [5.41, 5.74) is 0.707. The molecule has 0 spiro atoms. The molecule has 0 saturated carbocycles. The first-order valence-corrected chi connectivity index (χ1v) is 8.46. The largest absolute Gasteiger partial charge is 0.352 e. The molecule has 0 aromatic carbocycles. The van der Waals surface area contributed by atoms with Crippen molar-refractivity contribution < 1.29 is 4.79 Å². The van der Waals surface area contributed by atoms with Crippen molar-refractivity contribution in [1.29, 1.82) is 0 Å². The first kappa shape index (κ1) is 16.2. The van der Waals surface area contributed by atoms with Gasteiger partial charge >= 0.3 is 0 Å². The molecule has 1 aromatic rings. The third kappa shape index (κ3) is 4.35.